The molecule has 0 aliphatic carbocycles. The summed E-state index contributed by atoms with van der Waals surface area (Å²) in [6, 6.07) is 4.47. The van der Waals surface area contributed by atoms with Gasteiger partial charge in [0.05, 0.1) is 11.3 Å². The van der Waals surface area contributed by atoms with Gasteiger partial charge in [-0.05, 0) is 32.0 Å². The summed E-state index contributed by atoms with van der Waals surface area (Å²) in [6.07, 6.45) is 0.0618. The van der Waals surface area contributed by atoms with Crippen molar-refractivity contribution in [2.45, 2.75) is 13.8 Å². The lowest BCUT2D eigenvalue weighted by molar-refractivity contribution is 0.0697. The minimum atomic E-state index is -1.02. The fourth-order valence-corrected chi connectivity index (χ4v) is 2.07. The van der Waals surface area contributed by atoms with E-state index in [4.69, 9.17) is 14.3 Å². The first-order chi connectivity index (χ1) is 9.95. The number of carboxylic acids is 1. The van der Waals surface area contributed by atoms with Gasteiger partial charge in [-0.25, -0.2) is 4.79 Å². The summed E-state index contributed by atoms with van der Waals surface area (Å²) in [4.78, 5) is 15.1. The van der Waals surface area contributed by atoms with Gasteiger partial charge in [0.15, 0.2) is 11.3 Å². The van der Waals surface area contributed by atoms with Crippen molar-refractivity contribution in [2.24, 2.45) is 7.05 Å². The molecule has 2 heterocycles. The van der Waals surface area contributed by atoms with Gasteiger partial charge in [-0.3, -0.25) is 4.68 Å². The van der Waals surface area contributed by atoms with E-state index in [9.17, 15) is 4.79 Å². The molecular weight excluding hydrogens is 274 g/mol. The first kappa shape index (κ1) is 13.2. The van der Waals surface area contributed by atoms with Crippen LogP contribution in [0.2, 0.25) is 0 Å². The van der Waals surface area contributed by atoms with Crippen LogP contribution < -0.4 is 4.74 Å². The van der Waals surface area contributed by atoms with Gasteiger partial charge in [-0.1, -0.05) is 0 Å². The summed E-state index contributed by atoms with van der Waals surface area (Å²) in [5, 5.41) is 13.2. The number of hydrogen-bond donors (Lipinski definition) is 1. The van der Waals surface area contributed by atoms with E-state index < -0.39 is 5.97 Å². The molecule has 2 aromatic heterocycles. The minimum Gasteiger partial charge on any atom is -0.478 e. The van der Waals surface area contributed by atoms with E-state index in [2.05, 4.69) is 10.1 Å². The predicted molar refractivity (Wildman–Crippen MR) is 73.7 cm³/mol. The number of rotatable bonds is 3. The molecule has 0 aliphatic heterocycles. The molecule has 0 aliphatic rings. The maximum Gasteiger partial charge on any atom is 0.400 e. The Morgan fingerprint density at radius 3 is 2.76 bits per heavy atom. The van der Waals surface area contributed by atoms with Gasteiger partial charge in [0.1, 0.15) is 11.2 Å². The molecule has 108 valence electrons. The number of aryl methyl sites for hydroxylation is 2. The third kappa shape index (κ3) is 2.22. The largest absolute Gasteiger partial charge is 0.478 e. The number of aromatic carboxylic acids is 1. The van der Waals surface area contributed by atoms with Gasteiger partial charge in [0.2, 0.25) is 0 Å². The van der Waals surface area contributed by atoms with E-state index in [0.717, 1.165) is 11.4 Å². The maximum absolute atomic E-state index is 10.9. The molecule has 21 heavy (non-hydrogen) atoms. The molecule has 0 bridgehead atoms. The molecule has 0 radical (unpaired) electrons. The number of benzene rings is 1. The topological polar surface area (TPSA) is 90.4 Å². The molecule has 1 N–H and O–H groups in total. The molecule has 0 unspecified atom stereocenters. The highest BCUT2D eigenvalue weighted by Gasteiger charge is 2.16. The second-order valence-corrected chi connectivity index (χ2v) is 4.69. The number of carboxylic acid groups (broad SMARTS) is 1. The molecule has 7 heteroatoms. The molecule has 0 amide bonds. The van der Waals surface area contributed by atoms with Crippen LogP contribution in [0.1, 0.15) is 21.7 Å². The number of carbonyl (C=O) groups is 1. The van der Waals surface area contributed by atoms with E-state index in [0.29, 0.717) is 16.8 Å². The average molecular weight is 287 g/mol. The zero-order valence-corrected chi connectivity index (χ0v) is 11.7. The lowest BCUT2D eigenvalue weighted by Crippen LogP contribution is -1.94. The van der Waals surface area contributed by atoms with Gasteiger partial charge in [-0.2, -0.15) is 10.1 Å². The quantitative estimate of drug-likeness (QED) is 0.796. The number of fused-ring (bicyclic) bond motifs is 1. The normalized spacial score (nSPS) is 11.0. The van der Waals surface area contributed by atoms with E-state index in [1.165, 1.54) is 12.1 Å². The predicted octanol–water partition coefficient (Wildman–Crippen LogP) is 2.67. The molecular formula is C14H13N3O4. The van der Waals surface area contributed by atoms with Crippen LogP contribution >= 0.6 is 0 Å². The summed E-state index contributed by atoms with van der Waals surface area (Å²) in [5.74, 6) is -0.433. The standard InChI is InChI=1S/C14H13N3O4/c1-7-12(8(2)17(3)16-7)21-14-15-10-5-4-9(13(18)19)6-11(10)20-14/h4-6H,1-3H3,(H,18,19). The summed E-state index contributed by atoms with van der Waals surface area (Å²) in [6.45, 7) is 3.70. The Hall–Kier alpha value is -2.83. The van der Waals surface area contributed by atoms with Gasteiger partial charge in [-0.15, -0.1) is 0 Å². The molecule has 3 rings (SSSR count). The van der Waals surface area contributed by atoms with Crippen LogP contribution in [0.25, 0.3) is 11.1 Å². The lowest BCUT2D eigenvalue weighted by atomic mass is 10.2. The van der Waals surface area contributed by atoms with Crippen molar-refractivity contribution < 1.29 is 19.1 Å². The van der Waals surface area contributed by atoms with E-state index >= 15 is 0 Å². The lowest BCUT2D eigenvalue weighted by Gasteiger charge is -2.00. The number of aromatic nitrogens is 3. The van der Waals surface area contributed by atoms with Crippen LogP contribution in [-0.4, -0.2) is 25.8 Å². The van der Waals surface area contributed by atoms with Crippen molar-refractivity contribution in [3.63, 3.8) is 0 Å². The Morgan fingerprint density at radius 2 is 2.14 bits per heavy atom. The molecule has 0 saturated heterocycles. The van der Waals surface area contributed by atoms with Gasteiger partial charge < -0.3 is 14.3 Å². The second kappa shape index (κ2) is 4.62. The first-order valence-corrected chi connectivity index (χ1v) is 6.27. The number of nitrogens with zero attached hydrogens (tertiary/aromatic N) is 3. The Kier molecular flexibility index (Phi) is 2.90. The minimum absolute atomic E-state index is 0.0618. The Bertz CT molecular complexity index is 847. The van der Waals surface area contributed by atoms with Gasteiger partial charge >= 0.3 is 12.0 Å². The van der Waals surface area contributed by atoms with Crippen molar-refractivity contribution in [2.75, 3.05) is 0 Å². The first-order valence-electron chi connectivity index (χ1n) is 6.27. The van der Waals surface area contributed by atoms with Crippen molar-refractivity contribution >= 4 is 17.1 Å². The van der Waals surface area contributed by atoms with Crippen molar-refractivity contribution in [3.8, 4) is 11.8 Å². The molecule has 7 nitrogen and oxygen atoms in total. The Morgan fingerprint density at radius 1 is 1.38 bits per heavy atom. The van der Waals surface area contributed by atoms with Crippen LogP contribution in [0.3, 0.4) is 0 Å². The van der Waals surface area contributed by atoms with Crippen LogP contribution in [0, 0.1) is 13.8 Å². The fourth-order valence-electron chi connectivity index (χ4n) is 2.07. The summed E-state index contributed by atoms with van der Waals surface area (Å²) in [5.41, 5.74) is 2.61. The highest BCUT2D eigenvalue weighted by molar-refractivity contribution is 5.91. The molecule has 3 aromatic rings. The van der Waals surface area contributed by atoms with E-state index in [-0.39, 0.29) is 11.6 Å². The number of hydrogen-bond acceptors (Lipinski definition) is 5. The number of ether oxygens (including phenoxy) is 1. The molecule has 0 spiro atoms. The maximum atomic E-state index is 10.9. The van der Waals surface area contributed by atoms with Crippen LogP contribution in [0.15, 0.2) is 22.6 Å². The van der Waals surface area contributed by atoms with Crippen molar-refractivity contribution in [1.29, 1.82) is 0 Å². The third-order valence-corrected chi connectivity index (χ3v) is 3.25. The zero-order valence-electron chi connectivity index (χ0n) is 11.7. The summed E-state index contributed by atoms with van der Waals surface area (Å²) >= 11 is 0. The van der Waals surface area contributed by atoms with Gasteiger partial charge in [0, 0.05) is 7.05 Å². The summed E-state index contributed by atoms with van der Waals surface area (Å²) < 4.78 is 12.8. The smallest absolute Gasteiger partial charge is 0.400 e. The summed E-state index contributed by atoms with van der Waals surface area (Å²) in [7, 11) is 1.82. The van der Waals surface area contributed by atoms with Crippen LogP contribution in [0.5, 0.6) is 11.8 Å². The van der Waals surface area contributed by atoms with Crippen LogP contribution in [-0.2, 0) is 7.05 Å². The highest BCUT2D eigenvalue weighted by Crippen LogP contribution is 2.30. The fraction of sp³-hybridized carbons (Fsp3) is 0.214. The number of oxazole rings is 1. The van der Waals surface area contributed by atoms with Crippen LogP contribution in [0.4, 0.5) is 0 Å². The second-order valence-electron chi connectivity index (χ2n) is 4.69. The SMILES string of the molecule is Cc1nn(C)c(C)c1Oc1nc2ccc(C(=O)O)cc2o1. The monoisotopic (exact) mass is 287 g/mol. The van der Waals surface area contributed by atoms with E-state index in [1.54, 1.807) is 10.7 Å². The van der Waals surface area contributed by atoms with Gasteiger partial charge in [0.25, 0.3) is 0 Å². The zero-order chi connectivity index (χ0) is 15.1. The Balaban J connectivity index is 1.99. The van der Waals surface area contributed by atoms with Crippen molar-refractivity contribution in [1.82, 2.24) is 14.8 Å². The third-order valence-electron chi connectivity index (χ3n) is 3.25. The molecule has 1 aromatic carbocycles. The average Bonchev–Trinajstić information content (AvgIpc) is 2.94. The van der Waals surface area contributed by atoms with E-state index in [1.807, 2.05) is 20.9 Å². The Labute approximate surface area is 119 Å². The molecule has 0 atom stereocenters. The molecule has 0 saturated carbocycles. The van der Waals surface area contributed by atoms with Crippen molar-refractivity contribution in [3.05, 3.63) is 35.2 Å². The highest BCUT2D eigenvalue weighted by atomic mass is 16.6. The molecule has 0 fully saturated rings.